The highest BCUT2D eigenvalue weighted by Gasteiger charge is 2.12. The third kappa shape index (κ3) is 4.46. The van der Waals surface area contributed by atoms with E-state index < -0.39 is 0 Å². The van der Waals surface area contributed by atoms with E-state index in [0.29, 0.717) is 18.8 Å². The highest BCUT2D eigenvalue weighted by Crippen LogP contribution is 2.27. The molecule has 1 saturated heterocycles. The van der Waals surface area contributed by atoms with Crippen LogP contribution in [0, 0.1) is 0 Å². The number of aryl methyl sites for hydroxylation is 1. The Kier molecular flexibility index (Phi) is 5.34. The molecule has 6 nitrogen and oxygen atoms in total. The minimum Gasteiger partial charge on any atom is -0.493 e. The number of nitrogens with zero attached hydrogens (tertiary/aromatic N) is 2. The van der Waals surface area contributed by atoms with Crippen molar-refractivity contribution in [2.45, 2.75) is 12.8 Å². The Hall–Kier alpha value is -2.86. The van der Waals surface area contributed by atoms with Gasteiger partial charge in [0.05, 0.1) is 39.1 Å². The highest BCUT2D eigenvalue weighted by molar-refractivity contribution is 6.04. The smallest absolute Gasteiger partial charge is 0.255 e. The second-order valence-electron chi connectivity index (χ2n) is 6.66. The van der Waals surface area contributed by atoms with E-state index in [0.717, 1.165) is 55.1 Å². The standard InChI is InChI=1S/C21H23N3O3/c25-21(23-19-7-8-20-18(14-19)2-1-11-27-20)17-5-3-16(4-6-17)15-22-24-9-12-26-13-10-24/h3-8,14-15H,1-2,9-13H2,(H,23,25). The topological polar surface area (TPSA) is 63.2 Å². The molecule has 6 heteroatoms. The number of carbonyl (C=O) groups is 1. The molecule has 4 rings (SSSR count). The van der Waals surface area contributed by atoms with Gasteiger partial charge in [-0.25, -0.2) is 0 Å². The maximum absolute atomic E-state index is 12.5. The van der Waals surface area contributed by atoms with Crippen LogP contribution in [0.1, 0.15) is 27.9 Å². The van der Waals surface area contributed by atoms with Gasteiger partial charge in [0.15, 0.2) is 0 Å². The van der Waals surface area contributed by atoms with Gasteiger partial charge in [-0.15, -0.1) is 0 Å². The third-order valence-corrected chi connectivity index (χ3v) is 4.70. The molecule has 2 aromatic rings. The Balaban J connectivity index is 1.38. The van der Waals surface area contributed by atoms with Gasteiger partial charge in [0.25, 0.3) is 5.91 Å². The van der Waals surface area contributed by atoms with Gasteiger partial charge in [-0.2, -0.15) is 5.10 Å². The number of fused-ring (bicyclic) bond motifs is 1. The summed E-state index contributed by atoms with van der Waals surface area (Å²) in [5, 5.41) is 9.40. The molecule has 2 aliphatic rings. The number of nitrogens with one attached hydrogen (secondary N) is 1. The third-order valence-electron chi connectivity index (χ3n) is 4.70. The normalized spacial score (nSPS) is 16.7. The lowest BCUT2D eigenvalue weighted by atomic mass is 10.1. The molecule has 1 amide bonds. The van der Waals surface area contributed by atoms with Crippen LogP contribution in [0.3, 0.4) is 0 Å². The Labute approximate surface area is 158 Å². The lowest BCUT2D eigenvalue weighted by Gasteiger charge is -2.23. The summed E-state index contributed by atoms with van der Waals surface area (Å²) in [4.78, 5) is 12.5. The number of morpholine rings is 1. The van der Waals surface area contributed by atoms with E-state index in [2.05, 4.69) is 10.4 Å². The monoisotopic (exact) mass is 365 g/mol. The zero-order chi connectivity index (χ0) is 18.5. The van der Waals surface area contributed by atoms with E-state index in [4.69, 9.17) is 9.47 Å². The zero-order valence-corrected chi connectivity index (χ0v) is 15.2. The van der Waals surface area contributed by atoms with Gasteiger partial charge >= 0.3 is 0 Å². The Bertz CT molecular complexity index is 827. The number of hydrogen-bond acceptors (Lipinski definition) is 5. The van der Waals surface area contributed by atoms with Crippen LogP contribution in [0.5, 0.6) is 5.75 Å². The predicted molar refractivity (Wildman–Crippen MR) is 105 cm³/mol. The summed E-state index contributed by atoms with van der Waals surface area (Å²) in [6, 6.07) is 13.2. The molecule has 140 valence electrons. The van der Waals surface area contributed by atoms with Crippen LogP contribution >= 0.6 is 0 Å². The van der Waals surface area contributed by atoms with Gasteiger partial charge in [0.2, 0.25) is 0 Å². The molecule has 0 bridgehead atoms. The van der Waals surface area contributed by atoms with Crippen molar-refractivity contribution in [2.24, 2.45) is 5.10 Å². The van der Waals surface area contributed by atoms with E-state index in [1.165, 1.54) is 0 Å². The molecule has 2 heterocycles. The second-order valence-corrected chi connectivity index (χ2v) is 6.66. The summed E-state index contributed by atoms with van der Waals surface area (Å²) < 4.78 is 10.9. The van der Waals surface area contributed by atoms with Crippen LogP contribution in [0.4, 0.5) is 5.69 Å². The van der Waals surface area contributed by atoms with E-state index in [9.17, 15) is 4.79 Å². The van der Waals surface area contributed by atoms with Gasteiger partial charge in [-0.3, -0.25) is 9.80 Å². The van der Waals surface area contributed by atoms with Crippen LogP contribution < -0.4 is 10.1 Å². The van der Waals surface area contributed by atoms with Crippen LogP contribution in [-0.2, 0) is 11.2 Å². The molecule has 0 unspecified atom stereocenters. The highest BCUT2D eigenvalue weighted by atomic mass is 16.5. The van der Waals surface area contributed by atoms with E-state index >= 15 is 0 Å². The largest absolute Gasteiger partial charge is 0.493 e. The van der Waals surface area contributed by atoms with Crippen molar-refractivity contribution >= 4 is 17.8 Å². The van der Waals surface area contributed by atoms with Crippen molar-refractivity contribution in [3.05, 3.63) is 59.2 Å². The van der Waals surface area contributed by atoms with Crippen molar-refractivity contribution < 1.29 is 14.3 Å². The number of ether oxygens (including phenoxy) is 2. The van der Waals surface area contributed by atoms with Gasteiger partial charge in [0.1, 0.15) is 5.75 Å². The minimum absolute atomic E-state index is 0.122. The van der Waals surface area contributed by atoms with Gasteiger partial charge in [-0.1, -0.05) is 12.1 Å². The predicted octanol–water partition coefficient (Wildman–Crippen LogP) is 2.93. The first-order valence-corrected chi connectivity index (χ1v) is 9.32. The summed E-state index contributed by atoms with van der Waals surface area (Å²) in [6.45, 7) is 3.81. The average Bonchev–Trinajstić information content (AvgIpc) is 2.73. The van der Waals surface area contributed by atoms with Gasteiger partial charge in [-0.05, 0) is 54.3 Å². The molecule has 0 saturated carbocycles. The molecular weight excluding hydrogens is 342 g/mol. The molecular formula is C21H23N3O3. The van der Waals surface area contributed by atoms with Gasteiger partial charge in [0, 0.05) is 11.3 Å². The number of rotatable bonds is 4. The van der Waals surface area contributed by atoms with Crippen LogP contribution in [0.15, 0.2) is 47.6 Å². The first-order valence-electron chi connectivity index (χ1n) is 9.32. The average molecular weight is 365 g/mol. The van der Waals surface area contributed by atoms with Gasteiger partial charge < -0.3 is 14.8 Å². The first-order chi connectivity index (χ1) is 13.3. The lowest BCUT2D eigenvalue weighted by Crippen LogP contribution is -2.32. The number of benzene rings is 2. The molecule has 27 heavy (non-hydrogen) atoms. The molecule has 1 N–H and O–H groups in total. The van der Waals surface area contributed by atoms with Crippen molar-refractivity contribution in [3.63, 3.8) is 0 Å². The Morgan fingerprint density at radius 2 is 1.89 bits per heavy atom. The molecule has 1 fully saturated rings. The van der Waals surface area contributed by atoms with E-state index in [-0.39, 0.29) is 5.91 Å². The Morgan fingerprint density at radius 3 is 2.70 bits per heavy atom. The summed E-state index contributed by atoms with van der Waals surface area (Å²) >= 11 is 0. The maximum Gasteiger partial charge on any atom is 0.255 e. The van der Waals surface area contributed by atoms with Crippen LogP contribution in [0.25, 0.3) is 0 Å². The summed E-state index contributed by atoms with van der Waals surface area (Å²) in [6.07, 6.45) is 3.81. The van der Waals surface area contributed by atoms with Crippen molar-refractivity contribution in [3.8, 4) is 5.75 Å². The fourth-order valence-corrected chi connectivity index (χ4v) is 3.18. The van der Waals surface area contributed by atoms with Crippen molar-refractivity contribution in [2.75, 3.05) is 38.2 Å². The summed E-state index contributed by atoms with van der Waals surface area (Å²) in [5.41, 5.74) is 3.52. The fourth-order valence-electron chi connectivity index (χ4n) is 3.18. The second kappa shape index (κ2) is 8.22. The quantitative estimate of drug-likeness (QED) is 0.846. The molecule has 2 aliphatic heterocycles. The number of anilines is 1. The molecule has 2 aromatic carbocycles. The fraction of sp³-hybridized carbons (Fsp3) is 0.333. The maximum atomic E-state index is 12.5. The van der Waals surface area contributed by atoms with E-state index in [1.54, 1.807) is 0 Å². The molecule has 0 radical (unpaired) electrons. The Morgan fingerprint density at radius 1 is 1.07 bits per heavy atom. The molecule has 0 aromatic heterocycles. The molecule has 0 atom stereocenters. The van der Waals surface area contributed by atoms with Crippen molar-refractivity contribution in [1.82, 2.24) is 5.01 Å². The van der Waals surface area contributed by atoms with Crippen LogP contribution in [0.2, 0.25) is 0 Å². The number of hydrogen-bond donors (Lipinski definition) is 1. The van der Waals surface area contributed by atoms with Crippen LogP contribution in [-0.4, -0.2) is 50.0 Å². The number of carbonyl (C=O) groups excluding carboxylic acids is 1. The molecule has 0 aliphatic carbocycles. The molecule has 0 spiro atoms. The number of amides is 1. The lowest BCUT2D eigenvalue weighted by molar-refractivity contribution is 0.0397. The van der Waals surface area contributed by atoms with Crippen molar-refractivity contribution in [1.29, 1.82) is 0 Å². The first kappa shape index (κ1) is 17.5. The SMILES string of the molecule is O=C(Nc1ccc2c(c1)CCCO2)c1ccc(C=NN2CCOCC2)cc1. The van der Waals surface area contributed by atoms with E-state index in [1.807, 2.05) is 53.7 Å². The summed E-state index contributed by atoms with van der Waals surface area (Å²) in [7, 11) is 0. The zero-order valence-electron chi connectivity index (χ0n) is 15.2. The number of hydrazone groups is 1. The minimum atomic E-state index is -0.122. The summed E-state index contributed by atoms with van der Waals surface area (Å²) in [5.74, 6) is 0.798.